The number of rotatable bonds is 4. The van der Waals surface area contributed by atoms with Crippen LogP contribution in [0.4, 0.5) is 0 Å². The largest absolute Gasteiger partial charge is 0.481 e. The van der Waals surface area contributed by atoms with E-state index in [1.54, 1.807) is 0 Å². The molecule has 0 heterocycles. The van der Waals surface area contributed by atoms with Gasteiger partial charge in [-0.05, 0) is 110 Å². The van der Waals surface area contributed by atoms with Crippen molar-refractivity contribution in [3.63, 3.8) is 0 Å². The maximum absolute atomic E-state index is 14.5. The van der Waals surface area contributed by atoms with E-state index in [1.807, 2.05) is 26.8 Å². The van der Waals surface area contributed by atoms with Crippen molar-refractivity contribution < 1.29 is 34.1 Å². The molecule has 7 heteroatoms. The number of ketones is 1. The van der Waals surface area contributed by atoms with Gasteiger partial charge >= 0.3 is 17.9 Å². The molecule has 4 fully saturated rings. The van der Waals surface area contributed by atoms with Crippen molar-refractivity contribution in [2.75, 3.05) is 7.11 Å². The second kappa shape index (κ2) is 8.92. The minimum Gasteiger partial charge on any atom is -0.481 e. The predicted octanol–water partition coefficient (Wildman–Crippen LogP) is 6.69. The number of ether oxygens (including phenoxy) is 1. The minimum atomic E-state index is -1.25. The van der Waals surface area contributed by atoms with Crippen LogP contribution in [0.15, 0.2) is 11.6 Å². The quantitative estimate of drug-likeness (QED) is 0.362. The van der Waals surface area contributed by atoms with Gasteiger partial charge < -0.3 is 14.9 Å². The van der Waals surface area contributed by atoms with Crippen molar-refractivity contribution in [3.8, 4) is 0 Å². The molecule has 0 radical (unpaired) electrons. The lowest BCUT2D eigenvalue weighted by Gasteiger charge is -2.71. The second-order valence-corrected chi connectivity index (χ2v) is 16.4. The van der Waals surface area contributed by atoms with Crippen molar-refractivity contribution >= 4 is 23.7 Å². The number of methoxy groups -OCH3 is 1. The highest BCUT2D eigenvalue weighted by atomic mass is 16.5. The van der Waals surface area contributed by atoms with E-state index < -0.39 is 39.6 Å². The molecule has 9 atom stereocenters. The summed E-state index contributed by atoms with van der Waals surface area (Å²) in [7, 11) is 1.30. The number of fused-ring (bicyclic) bond motifs is 7. The first kappa shape index (κ1) is 30.3. The van der Waals surface area contributed by atoms with Crippen molar-refractivity contribution in [1.82, 2.24) is 0 Å². The average Bonchev–Trinajstić information content (AvgIpc) is 2.87. The number of hydrogen-bond acceptors (Lipinski definition) is 5. The molecule has 2 N–H and O–H groups in total. The van der Waals surface area contributed by atoms with Gasteiger partial charge in [-0.2, -0.15) is 0 Å². The number of esters is 1. The van der Waals surface area contributed by atoms with Gasteiger partial charge in [0.1, 0.15) is 0 Å². The molecule has 5 aliphatic rings. The van der Waals surface area contributed by atoms with Gasteiger partial charge in [-0.15, -0.1) is 0 Å². The van der Waals surface area contributed by atoms with Crippen LogP contribution in [0.25, 0.3) is 0 Å². The fourth-order valence-corrected chi connectivity index (χ4v) is 11.5. The molecular weight excluding hydrogens is 520 g/mol. The van der Waals surface area contributed by atoms with Crippen LogP contribution in [0.5, 0.6) is 0 Å². The molecule has 228 valence electrons. The summed E-state index contributed by atoms with van der Waals surface area (Å²) in [4.78, 5) is 52.3. The number of carbonyl (C=O) groups excluding carboxylic acids is 2. The van der Waals surface area contributed by atoms with Crippen LogP contribution in [0.2, 0.25) is 0 Å². The minimum absolute atomic E-state index is 0.00725. The third kappa shape index (κ3) is 3.68. The van der Waals surface area contributed by atoms with Crippen LogP contribution in [0.3, 0.4) is 0 Å². The maximum Gasteiger partial charge on any atom is 0.310 e. The predicted molar refractivity (Wildman–Crippen MR) is 154 cm³/mol. The molecule has 0 spiro atoms. The summed E-state index contributed by atoms with van der Waals surface area (Å²) in [5, 5.41) is 20.7. The molecule has 41 heavy (non-hydrogen) atoms. The van der Waals surface area contributed by atoms with Crippen LogP contribution in [-0.4, -0.2) is 41.0 Å². The van der Waals surface area contributed by atoms with E-state index in [0.717, 1.165) is 32.1 Å². The lowest BCUT2D eigenvalue weighted by Crippen LogP contribution is -2.68. The fraction of sp³-hybridized carbons (Fsp3) is 0.824. The van der Waals surface area contributed by atoms with Crippen molar-refractivity contribution in [3.05, 3.63) is 11.6 Å². The van der Waals surface area contributed by atoms with Crippen molar-refractivity contribution in [2.45, 2.75) is 113 Å². The number of allylic oxidation sites excluding steroid dienone is 2. The van der Waals surface area contributed by atoms with Crippen LogP contribution in [-0.2, 0) is 23.9 Å². The third-order valence-electron chi connectivity index (χ3n) is 14.6. The lowest BCUT2D eigenvalue weighted by molar-refractivity contribution is -0.219. The molecule has 5 aliphatic carbocycles. The molecular formula is C34H50O7. The van der Waals surface area contributed by atoms with Gasteiger partial charge in [0.25, 0.3) is 0 Å². The zero-order chi connectivity index (χ0) is 30.6. The topological polar surface area (TPSA) is 118 Å². The normalized spacial score (nSPS) is 48.4. The Morgan fingerprint density at radius 2 is 1.51 bits per heavy atom. The molecule has 0 aliphatic heterocycles. The molecule has 0 aromatic carbocycles. The zero-order valence-corrected chi connectivity index (χ0v) is 26.3. The Balaban J connectivity index is 1.60. The first-order valence-electron chi connectivity index (χ1n) is 15.6. The van der Waals surface area contributed by atoms with Crippen LogP contribution in [0, 0.1) is 55.7 Å². The second-order valence-electron chi connectivity index (χ2n) is 16.4. The number of aliphatic carboxylic acids is 2. The van der Waals surface area contributed by atoms with Crippen LogP contribution >= 0.6 is 0 Å². The Kier molecular flexibility index (Phi) is 6.59. The monoisotopic (exact) mass is 570 g/mol. The van der Waals surface area contributed by atoms with Gasteiger partial charge in [0.2, 0.25) is 0 Å². The van der Waals surface area contributed by atoms with Gasteiger partial charge in [0.05, 0.1) is 24.4 Å². The van der Waals surface area contributed by atoms with Crippen LogP contribution in [0.1, 0.15) is 113 Å². The highest BCUT2D eigenvalue weighted by molar-refractivity contribution is 5.96. The van der Waals surface area contributed by atoms with E-state index in [2.05, 4.69) is 27.7 Å². The molecule has 0 bridgehead atoms. The molecule has 7 nitrogen and oxygen atoms in total. The Hall–Kier alpha value is -2.18. The van der Waals surface area contributed by atoms with E-state index in [0.29, 0.717) is 25.7 Å². The van der Waals surface area contributed by atoms with Crippen molar-refractivity contribution in [1.29, 1.82) is 0 Å². The summed E-state index contributed by atoms with van der Waals surface area (Å²) in [5.74, 6) is -2.33. The molecule has 0 unspecified atom stereocenters. The zero-order valence-electron chi connectivity index (χ0n) is 26.3. The molecule has 0 saturated heterocycles. The Morgan fingerprint density at radius 3 is 2.10 bits per heavy atom. The van der Waals surface area contributed by atoms with E-state index >= 15 is 0 Å². The van der Waals surface area contributed by atoms with Gasteiger partial charge in [-0.1, -0.05) is 47.1 Å². The molecule has 0 amide bonds. The van der Waals surface area contributed by atoms with E-state index in [4.69, 9.17) is 4.74 Å². The van der Waals surface area contributed by atoms with Crippen LogP contribution < -0.4 is 0 Å². The smallest absolute Gasteiger partial charge is 0.310 e. The van der Waals surface area contributed by atoms with E-state index in [1.165, 1.54) is 12.7 Å². The number of carboxylic acids is 2. The summed E-state index contributed by atoms with van der Waals surface area (Å²) in [5.41, 5.74) is -2.59. The SMILES string of the molecule is COC(=O)C[C@@]1(C(=O)O)CC[C@@]2(C)[C@H](CC[C@]3(C)[C@@H]2C(=O)C=C2[C@@H]4C[C@@](C)(C(=O)O)CC[C@]4(C)CC[C@]23C)C1(C)C. The standard InChI is InChI=1S/C34H50O7/c1-28(2)23-9-10-33(7)25(31(23,5)14-16-34(28,27(39)40)19-24(36)41-8)22(35)17-20-21-18-30(4,26(37)38)12-11-29(21,3)13-15-32(20,33)6/h17,21,23,25H,9-16,18-19H2,1-8H3,(H,37,38)(H,39,40)/t21-,23+,25+,29+,30-,31-,32+,33+,34+/m0/s1. The lowest BCUT2D eigenvalue weighted by atomic mass is 9.31. The Labute approximate surface area is 244 Å². The van der Waals surface area contributed by atoms with Gasteiger partial charge in [-0.25, -0.2) is 0 Å². The molecule has 0 aromatic rings. The fourth-order valence-electron chi connectivity index (χ4n) is 11.5. The first-order chi connectivity index (χ1) is 18.8. The molecule has 0 aromatic heterocycles. The Bertz CT molecular complexity index is 1230. The highest BCUT2D eigenvalue weighted by Crippen LogP contribution is 2.76. The summed E-state index contributed by atoms with van der Waals surface area (Å²) in [6, 6.07) is 0. The third-order valence-corrected chi connectivity index (χ3v) is 14.6. The Morgan fingerprint density at radius 1 is 0.878 bits per heavy atom. The summed E-state index contributed by atoms with van der Waals surface area (Å²) in [6.45, 7) is 15.0. The number of carbonyl (C=O) groups is 4. The van der Waals surface area contributed by atoms with E-state index in [9.17, 15) is 29.4 Å². The van der Waals surface area contributed by atoms with Gasteiger partial charge in [0, 0.05) is 5.92 Å². The number of carboxylic acid groups (broad SMARTS) is 2. The number of hydrogen-bond donors (Lipinski definition) is 2. The summed E-state index contributed by atoms with van der Waals surface area (Å²) >= 11 is 0. The molecule has 5 rings (SSSR count). The van der Waals surface area contributed by atoms with Gasteiger partial charge in [-0.3, -0.25) is 19.2 Å². The summed E-state index contributed by atoms with van der Waals surface area (Å²) < 4.78 is 4.95. The highest BCUT2D eigenvalue weighted by Gasteiger charge is 2.73. The van der Waals surface area contributed by atoms with Crippen molar-refractivity contribution in [2.24, 2.45) is 55.7 Å². The molecule has 4 saturated carbocycles. The maximum atomic E-state index is 14.5. The summed E-state index contributed by atoms with van der Waals surface area (Å²) in [6.07, 6.45) is 8.31. The average molecular weight is 571 g/mol. The first-order valence-corrected chi connectivity index (χ1v) is 15.6. The van der Waals surface area contributed by atoms with Gasteiger partial charge in [0.15, 0.2) is 5.78 Å². The van der Waals surface area contributed by atoms with E-state index in [-0.39, 0.29) is 46.2 Å².